The van der Waals surface area contributed by atoms with Crippen LogP contribution in [0.1, 0.15) is 23.6 Å². The van der Waals surface area contributed by atoms with E-state index in [0.29, 0.717) is 0 Å². The second kappa shape index (κ2) is 7.82. The molecule has 0 aromatic heterocycles. The van der Waals surface area contributed by atoms with Crippen LogP contribution < -0.4 is 5.32 Å². The predicted molar refractivity (Wildman–Crippen MR) is 113 cm³/mol. The van der Waals surface area contributed by atoms with E-state index in [1.54, 1.807) is 18.7 Å². The molecule has 1 amide bonds. The van der Waals surface area contributed by atoms with Gasteiger partial charge in [-0.3, -0.25) is 4.79 Å². The largest absolute Gasteiger partial charge is 0.392 e. The lowest BCUT2D eigenvalue weighted by atomic mass is 9.84. The number of thioether (sulfide) groups is 1. The van der Waals surface area contributed by atoms with Gasteiger partial charge in [0.05, 0.1) is 16.8 Å². The van der Waals surface area contributed by atoms with Crippen LogP contribution in [0.15, 0.2) is 91.0 Å². The monoisotopic (exact) mass is 388 g/mol. The zero-order chi connectivity index (χ0) is 19.6. The predicted octanol–water partition coefficient (Wildman–Crippen LogP) is 4.18. The number of aliphatic hydroxyl groups excluding tert-OH is 1. The van der Waals surface area contributed by atoms with Gasteiger partial charge in [-0.2, -0.15) is 0 Å². The van der Waals surface area contributed by atoms with Crippen LogP contribution in [0.2, 0.25) is 0 Å². The van der Waals surface area contributed by atoms with Crippen molar-refractivity contribution in [3.63, 3.8) is 0 Å². The maximum Gasteiger partial charge on any atom is 0.251 e. The van der Waals surface area contributed by atoms with E-state index in [2.05, 4.69) is 41.7 Å². The van der Waals surface area contributed by atoms with Gasteiger partial charge in [-0.15, -0.1) is 11.8 Å². The first-order valence-electron chi connectivity index (χ1n) is 9.40. The Balaban J connectivity index is 1.90. The molecular weight excluding hydrogens is 366 g/mol. The zero-order valence-electron chi connectivity index (χ0n) is 15.6. The van der Waals surface area contributed by atoms with Crippen molar-refractivity contribution in [3.05, 3.63) is 108 Å². The lowest BCUT2D eigenvalue weighted by Gasteiger charge is -2.43. The van der Waals surface area contributed by atoms with Crippen LogP contribution >= 0.6 is 11.8 Å². The first-order chi connectivity index (χ1) is 13.6. The summed E-state index contributed by atoms with van der Waals surface area (Å²) in [4.78, 5) is 12.0. The van der Waals surface area contributed by atoms with Crippen molar-refractivity contribution in [2.24, 2.45) is 5.92 Å². The number of hydrogen-bond donors (Lipinski definition) is 1. The Bertz CT molecular complexity index is 832. The molecule has 1 aliphatic heterocycles. The number of aliphatic hydroxyl groups is 1. The highest BCUT2D eigenvalue weighted by Gasteiger charge is 2.50. The summed E-state index contributed by atoms with van der Waals surface area (Å²) in [7, 11) is 0. The highest BCUT2D eigenvalue weighted by Crippen LogP contribution is 2.52. The molecule has 1 heterocycles. The number of nitrogens with zero attached hydrogens (tertiary/aromatic N) is 1. The number of benzene rings is 3. The van der Waals surface area contributed by atoms with Crippen molar-refractivity contribution in [1.29, 1.82) is 0 Å². The first-order valence-corrected chi connectivity index (χ1v) is 10.3. The van der Waals surface area contributed by atoms with E-state index in [9.17, 15) is 9.90 Å². The number of hydrogen-bond acceptors (Lipinski definition) is 3. The summed E-state index contributed by atoms with van der Waals surface area (Å²) in [5.74, 6) is -0.684. The SMILES string of the molecule is CC(O)C1C(=O)[N]C1SC(c1ccccc1)(c1ccccc1)c1ccccc1. The van der Waals surface area contributed by atoms with E-state index in [4.69, 9.17) is 0 Å². The molecule has 3 atom stereocenters. The van der Waals surface area contributed by atoms with Crippen LogP contribution in [0.5, 0.6) is 0 Å². The molecule has 3 unspecified atom stereocenters. The second-order valence-electron chi connectivity index (χ2n) is 7.02. The van der Waals surface area contributed by atoms with Gasteiger partial charge in [-0.05, 0) is 23.6 Å². The molecule has 0 bridgehead atoms. The number of carbonyl (C=O) groups is 1. The van der Waals surface area contributed by atoms with E-state index < -0.39 is 16.8 Å². The maximum atomic E-state index is 12.0. The summed E-state index contributed by atoms with van der Waals surface area (Å²) in [6, 6.07) is 30.9. The summed E-state index contributed by atoms with van der Waals surface area (Å²) in [6.45, 7) is 1.67. The Labute approximate surface area is 169 Å². The average Bonchev–Trinajstić information content (AvgIpc) is 2.72. The van der Waals surface area contributed by atoms with E-state index in [1.165, 1.54) is 0 Å². The van der Waals surface area contributed by atoms with Crippen LogP contribution in [-0.2, 0) is 9.54 Å². The fourth-order valence-electron chi connectivity index (χ4n) is 3.78. The molecule has 4 rings (SSSR count). The van der Waals surface area contributed by atoms with Gasteiger partial charge in [0, 0.05) is 0 Å². The number of rotatable bonds is 6. The first kappa shape index (κ1) is 18.8. The van der Waals surface area contributed by atoms with Crippen LogP contribution in [0.4, 0.5) is 0 Å². The zero-order valence-corrected chi connectivity index (χ0v) is 16.4. The lowest BCUT2D eigenvalue weighted by molar-refractivity contribution is -0.137. The molecule has 1 N–H and O–H groups in total. The molecule has 1 fully saturated rings. The third kappa shape index (κ3) is 3.23. The molecule has 0 aliphatic carbocycles. The fraction of sp³-hybridized carbons (Fsp3) is 0.208. The van der Waals surface area contributed by atoms with Crippen LogP contribution in [0.3, 0.4) is 0 Å². The lowest BCUT2D eigenvalue weighted by Crippen LogP contribution is -2.56. The Kier molecular flexibility index (Phi) is 5.25. The number of amides is 1. The van der Waals surface area contributed by atoms with Gasteiger partial charge in [-0.1, -0.05) is 91.0 Å². The van der Waals surface area contributed by atoms with Crippen molar-refractivity contribution in [1.82, 2.24) is 5.32 Å². The molecule has 28 heavy (non-hydrogen) atoms. The topological polar surface area (TPSA) is 51.4 Å². The summed E-state index contributed by atoms with van der Waals surface area (Å²) >= 11 is 1.63. The molecule has 1 radical (unpaired) electrons. The van der Waals surface area contributed by atoms with Crippen molar-refractivity contribution in [3.8, 4) is 0 Å². The smallest absolute Gasteiger partial charge is 0.251 e. The third-order valence-corrected chi connectivity index (χ3v) is 6.91. The Hall–Kier alpha value is -2.56. The van der Waals surface area contributed by atoms with E-state index >= 15 is 0 Å². The molecule has 1 aliphatic rings. The third-order valence-electron chi connectivity index (χ3n) is 5.21. The minimum Gasteiger partial charge on any atom is -0.392 e. The molecule has 4 heteroatoms. The van der Waals surface area contributed by atoms with Gasteiger partial charge in [0.15, 0.2) is 0 Å². The Morgan fingerprint density at radius 3 is 1.54 bits per heavy atom. The van der Waals surface area contributed by atoms with Crippen molar-refractivity contribution in [2.45, 2.75) is 23.1 Å². The molecule has 141 valence electrons. The maximum absolute atomic E-state index is 12.0. The summed E-state index contributed by atoms with van der Waals surface area (Å²) in [6.07, 6.45) is -0.720. The highest BCUT2D eigenvalue weighted by atomic mass is 32.2. The quantitative estimate of drug-likeness (QED) is 0.509. The Morgan fingerprint density at radius 1 is 0.821 bits per heavy atom. The average molecular weight is 389 g/mol. The normalized spacial score (nSPS) is 20.1. The van der Waals surface area contributed by atoms with Gasteiger partial charge < -0.3 is 5.11 Å². The van der Waals surface area contributed by atoms with E-state index in [1.807, 2.05) is 54.6 Å². The van der Waals surface area contributed by atoms with Crippen molar-refractivity contribution in [2.75, 3.05) is 0 Å². The van der Waals surface area contributed by atoms with E-state index in [-0.39, 0.29) is 11.3 Å². The standard InChI is InChI=1S/C24H22NO2S/c1-17(26)21-22(27)25-23(21)28-24(18-11-5-2-6-12-18,19-13-7-3-8-14-19)20-15-9-4-10-16-20/h2-17,21,23,26H,1H3. The van der Waals surface area contributed by atoms with Gasteiger partial charge >= 0.3 is 0 Å². The minimum atomic E-state index is -0.720. The Morgan fingerprint density at radius 2 is 1.21 bits per heavy atom. The molecule has 0 spiro atoms. The fourth-order valence-corrected chi connectivity index (χ4v) is 5.61. The minimum absolute atomic E-state index is 0.212. The second-order valence-corrected chi connectivity index (χ2v) is 8.35. The molecule has 3 nitrogen and oxygen atoms in total. The van der Waals surface area contributed by atoms with Gasteiger partial charge in [0.1, 0.15) is 5.37 Å². The van der Waals surface area contributed by atoms with Gasteiger partial charge in [0.25, 0.3) is 5.91 Å². The van der Waals surface area contributed by atoms with Crippen molar-refractivity contribution >= 4 is 17.7 Å². The van der Waals surface area contributed by atoms with Crippen molar-refractivity contribution < 1.29 is 9.90 Å². The highest BCUT2D eigenvalue weighted by molar-refractivity contribution is 8.01. The van der Waals surface area contributed by atoms with Crippen LogP contribution in [0, 0.1) is 5.92 Å². The van der Waals surface area contributed by atoms with Crippen LogP contribution in [0.25, 0.3) is 0 Å². The summed E-state index contributed by atoms with van der Waals surface area (Å²) < 4.78 is -0.536. The van der Waals surface area contributed by atoms with E-state index in [0.717, 1.165) is 16.7 Å². The summed E-state index contributed by atoms with van der Waals surface area (Å²) in [5.41, 5.74) is 3.36. The summed E-state index contributed by atoms with van der Waals surface area (Å²) in [5, 5.41) is 14.1. The molecule has 1 saturated heterocycles. The number of β-lactam (4-membered cyclic amide) rings is 1. The van der Waals surface area contributed by atoms with Gasteiger partial charge in [-0.25, -0.2) is 5.32 Å². The molecule has 0 saturated carbocycles. The van der Waals surface area contributed by atoms with Gasteiger partial charge in [0.2, 0.25) is 0 Å². The number of carbonyl (C=O) groups excluding carboxylic acids is 1. The van der Waals surface area contributed by atoms with Crippen LogP contribution in [-0.4, -0.2) is 22.5 Å². The molecule has 3 aromatic rings. The molecular formula is C24H22NO2S. The molecule has 3 aromatic carbocycles.